The van der Waals surface area contributed by atoms with E-state index < -0.39 is 0 Å². The number of unbranched alkanes of at least 4 members (excludes halogenated alkanes) is 8. The molecule has 0 saturated carbocycles. The zero-order valence-electron chi connectivity index (χ0n) is 14.8. The Hall–Kier alpha value is -0.810. The van der Waals surface area contributed by atoms with Crippen LogP contribution in [0.25, 0.3) is 0 Å². The van der Waals surface area contributed by atoms with Crippen molar-refractivity contribution in [3.8, 4) is 6.07 Å². The molecule has 0 aliphatic heterocycles. The molecule has 0 rings (SSSR count). The van der Waals surface area contributed by atoms with Gasteiger partial charge in [0.2, 0.25) is 0 Å². The van der Waals surface area contributed by atoms with Crippen molar-refractivity contribution in [2.45, 2.75) is 78.1 Å². The van der Waals surface area contributed by atoms with Gasteiger partial charge in [0, 0.05) is 0 Å². The van der Waals surface area contributed by atoms with Gasteiger partial charge in [-0.3, -0.25) is 0 Å². The first-order chi connectivity index (χ1) is 10.1. The van der Waals surface area contributed by atoms with Gasteiger partial charge in [-0.1, -0.05) is 59.0 Å². The molecule has 0 bridgehead atoms. The average molecular weight is 294 g/mol. The second-order valence-electron chi connectivity index (χ2n) is 6.77. The summed E-state index contributed by atoms with van der Waals surface area (Å²) in [6.07, 6.45) is 13.2. The fourth-order valence-corrected chi connectivity index (χ4v) is 2.96. The summed E-state index contributed by atoms with van der Waals surface area (Å²) in [5, 5.41) is 9.02. The summed E-state index contributed by atoms with van der Waals surface area (Å²) in [6, 6.07) is 2.23. The summed E-state index contributed by atoms with van der Waals surface area (Å²) in [5.41, 5.74) is 0.736. The first-order valence-electron chi connectivity index (χ1n) is 8.99. The zero-order chi connectivity index (χ0) is 16.0. The topological polar surface area (TPSA) is 23.8 Å². The highest BCUT2D eigenvalue weighted by atomic mass is 15.3. The van der Waals surface area contributed by atoms with E-state index in [-0.39, 0.29) is 0 Å². The van der Waals surface area contributed by atoms with Crippen molar-refractivity contribution in [1.29, 1.82) is 5.26 Å². The highest BCUT2D eigenvalue weighted by Crippen LogP contribution is 2.14. The molecule has 0 aromatic carbocycles. The summed E-state index contributed by atoms with van der Waals surface area (Å²) in [6.45, 7) is 11.6. The third-order valence-corrected chi connectivity index (χ3v) is 4.33. The Labute approximate surface area is 133 Å². The number of hydrogen-bond acceptors (Lipinski definition) is 1. The van der Waals surface area contributed by atoms with Gasteiger partial charge in [-0.15, -0.1) is 0 Å². The van der Waals surface area contributed by atoms with Crippen LogP contribution in [-0.2, 0) is 0 Å². The molecule has 0 aromatic heterocycles. The molecular formula is C19H37N2+. The number of nitriles is 1. The number of nitrogens with zero attached hydrogens (tertiary/aromatic N) is 2. The second-order valence-corrected chi connectivity index (χ2v) is 6.77. The Morgan fingerprint density at radius 3 is 1.67 bits per heavy atom. The molecule has 0 aliphatic rings. The Morgan fingerprint density at radius 2 is 1.29 bits per heavy atom. The molecule has 0 fully saturated rings. The third-order valence-electron chi connectivity index (χ3n) is 4.33. The summed E-state index contributed by atoms with van der Waals surface area (Å²) in [5.74, 6) is 0. The Kier molecular flexibility index (Phi) is 12.4. The van der Waals surface area contributed by atoms with E-state index in [0.29, 0.717) is 0 Å². The molecule has 0 aromatic rings. The van der Waals surface area contributed by atoms with Crippen molar-refractivity contribution >= 4 is 0 Å². The van der Waals surface area contributed by atoms with Crippen LogP contribution in [0.1, 0.15) is 78.1 Å². The first-order valence-corrected chi connectivity index (χ1v) is 8.99. The molecule has 0 heterocycles. The maximum Gasteiger partial charge on any atom is 0.114 e. The van der Waals surface area contributed by atoms with Crippen LogP contribution >= 0.6 is 0 Å². The largest absolute Gasteiger partial charge is 0.322 e. The highest BCUT2D eigenvalue weighted by molar-refractivity contribution is 5.15. The average Bonchev–Trinajstić information content (AvgIpc) is 2.46. The predicted molar refractivity (Wildman–Crippen MR) is 93.1 cm³/mol. The number of hydrogen-bond donors (Lipinski definition) is 0. The molecule has 0 N–H and O–H groups in total. The van der Waals surface area contributed by atoms with Gasteiger partial charge in [-0.25, -0.2) is 0 Å². The highest BCUT2D eigenvalue weighted by Gasteiger charge is 2.21. The Balaban J connectivity index is 4.14. The molecule has 2 nitrogen and oxygen atoms in total. The van der Waals surface area contributed by atoms with Gasteiger partial charge in [0.05, 0.1) is 31.8 Å². The van der Waals surface area contributed by atoms with Crippen LogP contribution in [0, 0.1) is 11.3 Å². The maximum atomic E-state index is 9.02. The summed E-state index contributed by atoms with van der Waals surface area (Å²) in [4.78, 5) is 0. The van der Waals surface area contributed by atoms with E-state index in [2.05, 4.69) is 33.5 Å². The van der Waals surface area contributed by atoms with E-state index in [1.54, 1.807) is 0 Å². The van der Waals surface area contributed by atoms with E-state index >= 15 is 0 Å². The molecule has 0 unspecified atom stereocenters. The van der Waals surface area contributed by atoms with E-state index in [1.165, 1.54) is 77.3 Å². The lowest BCUT2D eigenvalue weighted by Gasteiger charge is -2.34. The molecule has 0 atom stereocenters. The second kappa shape index (κ2) is 12.9. The van der Waals surface area contributed by atoms with Gasteiger partial charge >= 0.3 is 0 Å². The van der Waals surface area contributed by atoms with Crippen LogP contribution in [0.15, 0.2) is 12.2 Å². The predicted octanol–water partition coefficient (Wildman–Crippen LogP) is 5.45. The minimum Gasteiger partial charge on any atom is -0.322 e. The number of likely N-dealkylation sites (N-methyl/N-ethyl adjacent to an activating group) is 1. The van der Waals surface area contributed by atoms with Crippen molar-refractivity contribution in [2.24, 2.45) is 0 Å². The van der Waals surface area contributed by atoms with Crippen LogP contribution in [0.5, 0.6) is 0 Å². The van der Waals surface area contributed by atoms with Crippen molar-refractivity contribution in [3.63, 3.8) is 0 Å². The van der Waals surface area contributed by atoms with Gasteiger partial charge in [0.15, 0.2) is 0 Å². The molecule has 2 heteroatoms. The summed E-state index contributed by atoms with van der Waals surface area (Å²) in [7, 11) is 2.31. The SMILES string of the molecule is C=C(C#N)C[N+](C)(CCCCCCC)CCCCCCC. The van der Waals surface area contributed by atoms with Crippen LogP contribution in [0.3, 0.4) is 0 Å². The number of rotatable bonds is 14. The van der Waals surface area contributed by atoms with Gasteiger partial charge in [0.25, 0.3) is 0 Å². The molecule has 21 heavy (non-hydrogen) atoms. The van der Waals surface area contributed by atoms with Gasteiger partial charge in [-0.05, 0) is 25.7 Å². The van der Waals surface area contributed by atoms with Crippen molar-refractivity contribution in [1.82, 2.24) is 0 Å². The van der Waals surface area contributed by atoms with E-state index in [1.807, 2.05) is 0 Å². The van der Waals surface area contributed by atoms with E-state index in [9.17, 15) is 0 Å². The van der Waals surface area contributed by atoms with Gasteiger partial charge < -0.3 is 4.48 Å². The lowest BCUT2D eigenvalue weighted by molar-refractivity contribution is -0.905. The third kappa shape index (κ3) is 11.5. The monoisotopic (exact) mass is 293 g/mol. The van der Waals surface area contributed by atoms with E-state index in [0.717, 1.165) is 16.6 Å². The molecule has 0 saturated heterocycles. The number of quaternary nitrogens is 1. The minimum absolute atomic E-state index is 0.736. The molecule has 0 aliphatic carbocycles. The van der Waals surface area contributed by atoms with Crippen LogP contribution in [0.4, 0.5) is 0 Å². The van der Waals surface area contributed by atoms with Crippen molar-refractivity contribution < 1.29 is 4.48 Å². The van der Waals surface area contributed by atoms with Crippen molar-refractivity contribution in [2.75, 3.05) is 26.7 Å². The van der Waals surface area contributed by atoms with Crippen LogP contribution in [-0.4, -0.2) is 31.2 Å². The summed E-state index contributed by atoms with van der Waals surface area (Å²) < 4.78 is 1.00. The van der Waals surface area contributed by atoms with E-state index in [4.69, 9.17) is 5.26 Å². The van der Waals surface area contributed by atoms with Crippen molar-refractivity contribution in [3.05, 3.63) is 12.2 Å². The van der Waals surface area contributed by atoms with Crippen LogP contribution in [0.2, 0.25) is 0 Å². The maximum absolute atomic E-state index is 9.02. The molecule has 0 amide bonds. The molecular weight excluding hydrogens is 256 g/mol. The normalized spacial score (nSPS) is 11.3. The fraction of sp³-hybridized carbons (Fsp3) is 0.842. The molecule has 0 radical (unpaired) electrons. The fourth-order valence-electron chi connectivity index (χ4n) is 2.96. The quantitative estimate of drug-likeness (QED) is 0.237. The Bertz CT molecular complexity index is 287. The smallest absolute Gasteiger partial charge is 0.114 e. The summed E-state index contributed by atoms with van der Waals surface area (Å²) >= 11 is 0. The lowest BCUT2D eigenvalue weighted by Crippen LogP contribution is -2.46. The first kappa shape index (κ1) is 20.2. The lowest BCUT2D eigenvalue weighted by atomic mass is 10.1. The van der Waals surface area contributed by atoms with Gasteiger partial charge in [0.1, 0.15) is 6.54 Å². The zero-order valence-corrected chi connectivity index (χ0v) is 14.8. The van der Waals surface area contributed by atoms with Gasteiger partial charge in [-0.2, -0.15) is 5.26 Å². The molecule has 0 spiro atoms. The standard InChI is InChI=1S/C19H37N2/c1-5-7-9-11-13-15-21(4,18-19(3)17-20)16-14-12-10-8-6-2/h3,5-16,18H2,1-2,4H3/q+1. The minimum atomic E-state index is 0.736. The van der Waals surface area contributed by atoms with Crippen LogP contribution < -0.4 is 0 Å². The Morgan fingerprint density at radius 1 is 0.857 bits per heavy atom. The molecule has 122 valence electrons.